The zero-order valence-corrected chi connectivity index (χ0v) is 10.9. The highest BCUT2D eigenvalue weighted by Crippen LogP contribution is 2.25. The highest BCUT2D eigenvalue weighted by atomic mass is 32.2. The Morgan fingerprint density at radius 1 is 1.16 bits per heavy atom. The van der Waals surface area contributed by atoms with Gasteiger partial charge in [-0.25, -0.2) is 12.8 Å². The number of para-hydroxylation sites is 1. The second-order valence-corrected chi connectivity index (χ2v) is 5.71. The van der Waals surface area contributed by atoms with Crippen LogP contribution in [0.4, 0.5) is 10.1 Å². The van der Waals surface area contributed by atoms with Crippen LogP contribution in [0.5, 0.6) is 5.75 Å². The molecular weight excluding hydrogens is 269 g/mol. The van der Waals surface area contributed by atoms with Gasteiger partial charge >= 0.3 is 0 Å². The van der Waals surface area contributed by atoms with Crippen LogP contribution in [0.3, 0.4) is 0 Å². The molecule has 2 aromatic rings. The molecule has 100 valence electrons. The Labute approximate surface area is 110 Å². The molecule has 0 spiro atoms. The number of rotatable bonds is 3. The summed E-state index contributed by atoms with van der Waals surface area (Å²) < 4.78 is 39.8. The minimum absolute atomic E-state index is 0.158. The second-order valence-electron chi connectivity index (χ2n) is 4.06. The lowest BCUT2D eigenvalue weighted by Gasteiger charge is -2.10. The van der Waals surface area contributed by atoms with Gasteiger partial charge in [-0.05, 0) is 36.8 Å². The molecule has 19 heavy (non-hydrogen) atoms. The number of benzene rings is 2. The van der Waals surface area contributed by atoms with Crippen molar-refractivity contribution in [2.24, 2.45) is 0 Å². The van der Waals surface area contributed by atoms with Gasteiger partial charge in [-0.3, -0.25) is 4.72 Å². The van der Waals surface area contributed by atoms with E-state index < -0.39 is 15.8 Å². The molecule has 0 saturated carbocycles. The van der Waals surface area contributed by atoms with Crippen molar-refractivity contribution in [3.63, 3.8) is 0 Å². The summed E-state index contributed by atoms with van der Waals surface area (Å²) in [6, 6.07) is 9.61. The Kier molecular flexibility index (Phi) is 3.44. The summed E-state index contributed by atoms with van der Waals surface area (Å²) in [6.45, 7) is 1.70. The van der Waals surface area contributed by atoms with E-state index in [-0.39, 0.29) is 16.3 Å². The van der Waals surface area contributed by atoms with Crippen LogP contribution in [0.1, 0.15) is 5.56 Å². The van der Waals surface area contributed by atoms with Crippen molar-refractivity contribution in [3.05, 3.63) is 53.8 Å². The average Bonchev–Trinajstić information content (AvgIpc) is 2.33. The van der Waals surface area contributed by atoms with Gasteiger partial charge in [0.2, 0.25) is 0 Å². The quantitative estimate of drug-likeness (QED) is 0.909. The van der Waals surface area contributed by atoms with E-state index in [2.05, 4.69) is 4.72 Å². The summed E-state index contributed by atoms with van der Waals surface area (Å²) >= 11 is 0. The third kappa shape index (κ3) is 2.85. The molecule has 0 aliphatic heterocycles. The van der Waals surface area contributed by atoms with Gasteiger partial charge in [-0.15, -0.1) is 0 Å². The summed E-state index contributed by atoms with van der Waals surface area (Å²) in [5.41, 5.74) is 0.525. The Hall–Kier alpha value is -2.08. The first-order valence-corrected chi connectivity index (χ1v) is 6.95. The Balaban J connectivity index is 2.40. The van der Waals surface area contributed by atoms with Gasteiger partial charge in [0.05, 0.1) is 5.69 Å². The van der Waals surface area contributed by atoms with Crippen molar-refractivity contribution in [1.82, 2.24) is 0 Å². The van der Waals surface area contributed by atoms with Gasteiger partial charge in [0.1, 0.15) is 16.5 Å². The third-order valence-corrected chi connectivity index (χ3v) is 3.94. The number of aryl methyl sites for hydroxylation is 1. The molecule has 2 N–H and O–H groups in total. The normalized spacial score (nSPS) is 11.3. The van der Waals surface area contributed by atoms with Crippen LogP contribution in [0.15, 0.2) is 47.4 Å². The summed E-state index contributed by atoms with van der Waals surface area (Å²) in [4.78, 5) is -0.296. The third-order valence-electron chi connectivity index (χ3n) is 2.52. The summed E-state index contributed by atoms with van der Waals surface area (Å²) in [6.07, 6.45) is 0. The summed E-state index contributed by atoms with van der Waals surface area (Å²) in [7, 11) is -4.02. The lowest BCUT2D eigenvalue weighted by atomic mass is 10.2. The van der Waals surface area contributed by atoms with Gasteiger partial charge < -0.3 is 5.11 Å². The van der Waals surface area contributed by atoms with Crippen LogP contribution in [0, 0.1) is 12.7 Å². The van der Waals surface area contributed by atoms with E-state index >= 15 is 0 Å². The minimum atomic E-state index is -4.02. The number of halogens is 1. The monoisotopic (exact) mass is 281 g/mol. The number of hydrogen-bond acceptors (Lipinski definition) is 3. The molecule has 0 saturated heterocycles. The number of aromatic hydroxyl groups is 1. The van der Waals surface area contributed by atoms with Crippen LogP contribution >= 0.6 is 0 Å². The van der Waals surface area contributed by atoms with Gasteiger partial charge in [0.25, 0.3) is 10.0 Å². The Morgan fingerprint density at radius 2 is 1.84 bits per heavy atom. The average molecular weight is 281 g/mol. The highest BCUT2D eigenvalue weighted by molar-refractivity contribution is 7.92. The zero-order chi connectivity index (χ0) is 14.0. The molecule has 0 amide bonds. The summed E-state index contributed by atoms with van der Waals surface area (Å²) in [5.74, 6) is -1.05. The molecular formula is C13H12FNO3S. The highest BCUT2D eigenvalue weighted by Gasteiger charge is 2.19. The van der Waals surface area contributed by atoms with E-state index in [1.165, 1.54) is 36.4 Å². The first-order chi connectivity index (χ1) is 8.90. The largest absolute Gasteiger partial charge is 0.507 e. The Morgan fingerprint density at radius 3 is 2.47 bits per heavy atom. The predicted octanol–water partition coefficient (Wildman–Crippen LogP) is 2.64. The van der Waals surface area contributed by atoms with Gasteiger partial charge in [-0.1, -0.05) is 18.2 Å². The number of sulfonamides is 1. The Bertz CT molecular complexity index is 714. The zero-order valence-electron chi connectivity index (χ0n) is 10.1. The number of anilines is 1. The van der Waals surface area contributed by atoms with Crippen molar-refractivity contribution in [2.45, 2.75) is 11.8 Å². The summed E-state index contributed by atoms with van der Waals surface area (Å²) in [5, 5.41) is 9.52. The molecule has 2 aromatic carbocycles. The van der Waals surface area contributed by atoms with Crippen molar-refractivity contribution in [2.75, 3.05) is 4.72 Å². The number of hydrogen-bond donors (Lipinski definition) is 2. The maximum absolute atomic E-state index is 13.6. The van der Waals surface area contributed by atoms with Crippen molar-refractivity contribution >= 4 is 15.7 Å². The smallest absolute Gasteiger partial charge is 0.265 e. The van der Waals surface area contributed by atoms with Crippen LogP contribution in [-0.4, -0.2) is 13.5 Å². The molecule has 0 aliphatic carbocycles. The molecule has 0 bridgehead atoms. The van der Waals surface area contributed by atoms with Crippen molar-refractivity contribution < 1.29 is 17.9 Å². The van der Waals surface area contributed by atoms with E-state index in [1.54, 1.807) is 13.0 Å². The fourth-order valence-corrected chi connectivity index (χ4v) is 2.75. The number of phenols is 1. The number of nitrogens with one attached hydrogen (secondary N) is 1. The maximum atomic E-state index is 13.6. The number of phenolic OH excluding ortho intramolecular Hbond substituents is 1. The van der Waals surface area contributed by atoms with Gasteiger partial charge in [0.15, 0.2) is 0 Å². The van der Waals surface area contributed by atoms with E-state index in [0.29, 0.717) is 5.56 Å². The van der Waals surface area contributed by atoms with Gasteiger partial charge in [-0.2, -0.15) is 0 Å². The lowest BCUT2D eigenvalue weighted by molar-refractivity contribution is 0.459. The SMILES string of the molecule is Cc1ccc(NS(=O)(=O)c2ccccc2O)c(F)c1. The molecule has 0 atom stereocenters. The van der Waals surface area contributed by atoms with E-state index in [1.807, 2.05) is 0 Å². The van der Waals surface area contributed by atoms with Crippen LogP contribution < -0.4 is 4.72 Å². The standard InChI is InChI=1S/C13H12FNO3S/c1-9-6-7-11(10(14)8-9)15-19(17,18)13-5-3-2-4-12(13)16/h2-8,15-16H,1H3. The molecule has 0 aromatic heterocycles. The molecule has 0 radical (unpaired) electrons. The molecule has 6 heteroatoms. The van der Waals surface area contributed by atoms with E-state index in [9.17, 15) is 17.9 Å². The fourth-order valence-electron chi connectivity index (χ4n) is 1.59. The molecule has 0 unspecified atom stereocenters. The molecule has 0 fully saturated rings. The second kappa shape index (κ2) is 4.89. The van der Waals surface area contributed by atoms with Crippen molar-refractivity contribution in [3.8, 4) is 5.75 Å². The maximum Gasteiger partial charge on any atom is 0.265 e. The molecule has 2 rings (SSSR count). The molecule has 0 heterocycles. The van der Waals surface area contributed by atoms with E-state index in [4.69, 9.17) is 0 Å². The molecule has 0 aliphatic rings. The topological polar surface area (TPSA) is 66.4 Å². The van der Waals surface area contributed by atoms with Crippen LogP contribution in [-0.2, 0) is 10.0 Å². The van der Waals surface area contributed by atoms with Crippen LogP contribution in [0.25, 0.3) is 0 Å². The first-order valence-electron chi connectivity index (χ1n) is 5.47. The van der Waals surface area contributed by atoms with Gasteiger partial charge in [0, 0.05) is 0 Å². The van der Waals surface area contributed by atoms with Crippen molar-refractivity contribution in [1.29, 1.82) is 0 Å². The fraction of sp³-hybridized carbons (Fsp3) is 0.0769. The van der Waals surface area contributed by atoms with Crippen LogP contribution in [0.2, 0.25) is 0 Å². The predicted molar refractivity (Wildman–Crippen MR) is 70.1 cm³/mol. The molecule has 4 nitrogen and oxygen atoms in total. The van der Waals surface area contributed by atoms with E-state index in [0.717, 1.165) is 0 Å². The first kappa shape index (κ1) is 13.4. The lowest BCUT2D eigenvalue weighted by Crippen LogP contribution is -2.14. The minimum Gasteiger partial charge on any atom is -0.507 e.